The molecule has 2 rings (SSSR count). The highest BCUT2D eigenvalue weighted by molar-refractivity contribution is 7.88. The van der Waals surface area contributed by atoms with Crippen LogP contribution in [0.15, 0.2) is 18.2 Å². The Bertz CT molecular complexity index is 544. The number of nitrogens with one attached hydrogen (secondary N) is 1. The first-order valence-corrected chi connectivity index (χ1v) is 7.58. The van der Waals surface area contributed by atoms with Crippen molar-refractivity contribution in [2.75, 3.05) is 0 Å². The maximum absolute atomic E-state index is 12.9. The monoisotopic (exact) mass is 292 g/mol. The van der Waals surface area contributed by atoms with Crippen molar-refractivity contribution >= 4 is 21.6 Å². The summed E-state index contributed by atoms with van der Waals surface area (Å²) >= 11 is 5.60. The first-order valence-electron chi connectivity index (χ1n) is 5.55. The molecular formula is C11H14ClFN2O2S. The number of hydrogen-bond acceptors (Lipinski definition) is 3. The zero-order valence-corrected chi connectivity index (χ0v) is 11.1. The minimum atomic E-state index is -3.43. The molecule has 0 aromatic heterocycles. The van der Waals surface area contributed by atoms with Crippen molar-refractivity contribution < 1.29 is 12.8 Å². The van der Waals surface area contributed by atoms with Gasteiger partial charge in [0.1, 0.15) is 5.82 Å². The molecule has 0 bridgehead atoms. The van der Waals surface area contributed by atoms with E-state index >= 15 is 0 Å². The molecule has 1 saturated carbocycles. The van der Waals surface area contributed by atoms with E-state index in [1.54, 1.807) is 0 Å². The van der Waals surface area contributed by atoms with Gasteiger partial charge >= 0.3 is 0 Å². The number of halogens is 2. The highest BCUT2D eigenvalue weighted by Crippen LogP contribution is 2.20. The van der Waals surface area contributed by atoms with Gasteiger partial charge in [-0.2, -0.15) is 0 Å². The molecule has 0 heterocycles. The van der Waals surface area contributed by atoms with E-state index < -0.39 is 15.8 Å². The predicted molar refractivity (Wildman–Crippen MR) is 68.2 cm³/mol. The van der Waals surface area contributed by atoms with Crippen LogP contribution in [0, 0.1) is 5.82 Å². The fourth-order valence-corrected chi connectivity index (χ4v) is 3.51. The molecule has 1 fully saturated rings. The molecule has 0 radical (unpaired) electrons. The summed E-state index contributed by atoms with van der Waals surface area (Å²) in [5.74, 6) is -0.769. The molecule has 1 aromatic rings. The molecule has 4 nitrogen and oxygen atoms in total. The second kappa shape index (κ2) is 5.13. The molecular weight excluding hydrogens is 279 g/mol. The van der Waals surface area contributed by atoms with E-state index in [0.29, 0.717) is 18.4 Å². The Kier molecular flexibility index (Phi) is 3.91. The number of benzene rings is 1. The molecule has 1 aliphatic rings. The Balaban J connectivity index is 2.01. The molecule has 1 aromatic carbocycles. The van der Waals surface area contributed by atoms with Gasteiger partial charge in [0.25, 0.3) is 0 Å². The molecule has 0 amide bonds. The lowest BCUT2D eigenvalue weighted by atomic mass is 9.89. The molecule has 0 unspecified atom stereocenters. The van der Waals surface area contributed by atoms with Gasteiger partial charge in [0, 0.05) is 12.1 Å². The molecule has 18 heavy (non-hydrogen) atoms. The Morgan fingerprint density at radius 2 is 2.11 bits per heavy atom. The third-order valence-corrected chi connectivity index (χ3v) is 4.56. The van der Waals surface area contributed by atoms with Crippen molar-refractivity contribution in [3.8, 4) is 0 Å². The van der Waals surface area contributed by atoms with E-state index in [9.17, 15) is 12.8 Å². The van der Waals surface area contributed by atoms with Crippen LogP contribution in [-0.2, 0) is 15.8 Å². The van der Waals surface area contributed by atoms with Gasteiger partial charge in [0.15, 0.2) is 0 Å². The third-order valence-electron chi connectivity index (χ3n) is 2.86. The van der Waals surface area contributed by atoms with Gasteiger partial charge in [-0.25, -0.2) is 17.5 Å². The van der Waals surface area contributed by atoms with Crippen LogP contribution in [0.25, 0.3) is 0 Å². The van der Waals surface area contributed by atoms with Crippen molar-refractivity contribution in [2.24, 2.45) is 5.73 Å². The summed E-state index contributed by atoms with van der Waals surface area (Å²) < 4.78 is 39.1. The lowest BCUT2D eigenvalue weighted by Crippen LogP contribution is -2.50. The maximum Gasteiger partial charge on any atom is 0.216 e. The van der Waals surface area contributed by atoms with Crippen LogP contribution in [0.3, 0.4) is 0 Å². The van der Waals surface area contributed by atoms with Crippen molar-refractivity contribution in [1.82, 2.24) is 4.72 Å². The molecule has 3 N–H and O–H groups in total. The van der Waals surface area contributed by atoms with Crippen LogP contribution in [-0.4, -0.2) is 20.5 Å². The van der Waals surface area contributed by atoms with E-state index in [2.05, 4.69) is 4.72 Å². The maximum atomic E-state index is 12.9. The van der Waals surface area contributed by atoms with Gasteiger partial charge in [0.05, 0.1) is 10.8 Å². The zero-order valence-electron chi connectivity index (χ0n) is 9.57. The van der Waals surface area contributed by atoms with Crippen molar-refractivity contribution in [2.45, 2.75) is 30.7 Å². The molecule has 7 heteroatoms. The zero-order chi connectivity index (χ0) is 13.3. The van der Waals surface area contributed by atoms with Crippen LogP contribution in [0.4, 0.5) is 4.39 Å². The van der Waals surface area contributed by atoms with E-state index in [1.807, 2.05) is 0 Å². The molecule has 1 aliphatic carbocycles. The van der Waals surface area contributed by atoms with Crippen LogP contribution in [0.1, 0.15) is 18.4 Å². The Hall–Kier alpha value is -0.690. The molecule has 0 atom stereocenters. The van der Waals surface area contributed by atoms with Crippen molar-refractivity contribution in [3.05, 3.63) is 34.6 Å². The number of rotatable bonds is 4. The second-order valence-corrected chi connectivity index (χ2v) is 6.71. The first-order chi connectivity index (χ1) is 8.35. The highest BCUT2D eigenvalue weighted by Gasteiger charge is 2.29. The fraction of sp³-hybridized carbons (Fsp3) is 0.455. The summed E-state index contributed by atoms with van der Waals surface area (Å²) in [7, 11) is -3.43. The SMILES string of the molecule is NC1CC(NS(=O)(=O)Cc2ccc(F)c(Cl)c2)C1. The van der Waals surface area contributed by atoms with Crippen LogP contribution >= 0.6 is 11.6 Å². The lowest BCUT2D eigenvalue weighted by Gasteiger charge is -2.32. The second-order valence-electron chi connectivity index (χ2n) is 4.55. The Morgan fingerprint density at radius 3 is 2.67 bits per heavy atom. The van der Waals surface area contributed by atoms with Gasteiger partial charge in [-0.15, -0.1) is 0 Å². The lowest BCUT2D eigenvalue weighted by molar-refractivity contribution is 0.327. The molecule has 100 valence electrons. The van der Waals surface area contributed by atoms with Crippen LogP contribution in [0.5, 0.6) is 0 Å². The van der Waals surface area contributed by atoms with Crippen molar-refractivity contribution in [1.29, 1.82) is 0 Å². The Labute approximate surface area is 110 Å². The molecule has 0 saturated heterocycles. The summed E-state index contributed by atoms with van der Waals surface area (Å²) in [6.45, 7) is 0. The highest BCUT2D eigenvalue weighted by atomic mass is 35.5. The summed E-state index contributed by atoms with van der Waals surface area (Å²) in [5.41, 5.74) is 6.04. The number of sulfonamides is 1. The minimum Gasteiger partial charge on any atom is -0.328 e. The van der Waals surface area contributed by atoms with E-state index in [1.165, 1.54) is 12.1 Å². The topological polar surface area (TPSA) is 72.2 Å². The van der Waals surface area contributed by atoms with E-state index in [0.717, 1.165) is 6.07 Å². The standard InChI is InChI=1S/C11H14ClFN2O2S/c12-10-3-7(1-2-11(10)13)6-18(16,17)15-9-4-8(14)5-9/h1-3,8-9,15H,4-6,14H2. The largest absolute Gasteiger partial charge is 0.328 e. The number of hydrogen-bond donors (Lipinski definition) is 2. The van der Waals surface area contributed by atoms with Crippen LogP contribution < -0.4 is 10.5 Å². The van der Waals surface area contributed by atoms with Crippen LogP contribution in [0.2, 0.25) is 5.02 Å². The molecule has 0 spiro atoms. The Morgan fingerprint density at radius 1 is 1.44 bits per heavy atom. The quantitative estimate of drug-likeness (QED) is 0.881. The summed E-state index contributed by atoms with van der Waals surface area (Å²) in [6.07, 6.45) is 1.31. The summed E-state index contributed by atoms with van der Waals surface area (Å²) in [4.78, 5) is 0. The average Bonchev–Trinajstić information content (AvgIpc) is 2.20. The van der Waals surface area contributed by atoms with E-state index in [-0.39, 0.29) is 22.9 Å². The predicted octanol–water partition coefficient (Wildman–Crippen LogP) is 1.39. The third kappa shape index (κ3) is 3.41. The van der Waals surface area contributed by atoms with Gasteiger partial charge in [0.2, 0.25) is 10.0 Å². The van der Waals surface area contributed by atoms with Gasteiger partial charge in [-0.05, 0) is 30.5 Å². The summed E-state index contributed by atoms with van der Waals surface area (Å²) in [6, 6.07) is 3.89. The smallest absolute Gasteiger partial charge is 0.216 e. The molecule has 0 aliphatic heterocycles. The van der Waals surface area contributed by atoms with Gasteiger partial charge < -0.3 is 5.73 Å². The van der Waals surface area contributed by atoms with E-state index in [4.69, 9.17) is 17.3 Å². The fourth-order valence-electron chi connectivity index (χ4n) is 1.90. The van der Waals surface area contributed by atoms with Gasteiger partial charge in [-0.3, -0.25) is 0 Å². The number of nitrogens with two attached hydrogens (primary N) is 1. The normalized spacial score (nSPS) is 23.7. The van der Waals surface area contributed by atoms with Gasteiger partial charge in [-0.1, -0.05) is 17.7 Å². The average molecular weight is 293 g/mol. The summed E-state index contributed by atoms with van der Waals surface area (Å²) in [5, 5.41) is -0.0756. The first kappa shape index (κ1) is 13.7. The minimum absolute atomic E-state index is 0.0756. The van der Waals surface area contributed by atoms with Crippen molar-refractivity contribution in [3.63, 3.8) is 0 Å².